The van der Waals surface area contributed by atoms with E-state index in [-0.39, 0.29) is 5.57 Å². The van der Waals surface area contributed by atoms with Crippen molar-refractivity contribution < 1.29 is 13.9 Å². The molecule has 0 radical (unpaired) electrons. The minimum Gasteiger partial charge on any atom is -0.468 e. The lowest BCUT2D eigenvalue weighted by molar-refractivity contribution is -0.148. The molecule has 1 aromatic rings. The average Bonchev–Trinajstić information content (AvgIpc) is 2.79. The molecule has 0 bridgehead atoms. The molecule has 0 amide bonds. The van der Waals surface area contributed by atoms with E-state index in [9.17, 15) is 9.18 Å². The Labute approximate surface area is 100.0 Å². The van der Waals surface area contributed by atoms with Crippen molar-refractivity contribution in [1.82, 2.24) is 4.98 Å². The smallest absolute Gasteiger partial charge is 0.315 e. The van der Waals surface area contributed by atoms with Gasteiger partial charge in [0.25, 0.3) is 0 Å². The van der Waals surface area contributed by atoms with Gasteiger partial charge in [0.05, 0.1) is 12.5 Å². The zero-order valence-electron chi connectivity index (χ0n) is 10.2. The summed E-state index contributed by atoms with van der Waals surface area (Å²) < 4.78 is 18.5. The Bertz CT molecular complexity index is 444. The van der Waals surface area contributed by atoms with Gasteiger partial charge in [-0.15, -0.1) is 0 Å². The fourth-order valence-electron chi connectivity index (χ4n) is 1.37. The molecule has 4 heteroatoms. The van der Waals surface area contributed by atoms with Gasteiger partial charge in [-0.2, -0.15) is 0 Å². The average molecular weight is 237 g/mol. The molecule has 0 saturated heterocycles. The van der Waals surface area contributed by atoms with E-state index in [1.807, 2.05) is 0 Å². The van der Waals surface area contributed by atoms with Crippen molar-refractivity contribution in [2.45, 2.75) is 13.8 Å². The van der Waals surface area contributed by atoms with Crippen molar-refractivity contribution in [3.8, 4) is 0 Å². The fraction of sp³-hybridized carbons (Fsp3) is 0.308. The summed E-state index contributed by atoms with van der Waals surface area (Å²) in [6.45, 7) is 6.81. The third kappa shape index (κ3) is 3.06. The van der Waals surface area contributed by atoms with E-state index >= 15 is 0 Å². The number of aromatic amines is 1. The highest BCUT2D eigenvalue weighted by Gasteiger charge is 2.27. The second kappa shape index (κ2) is 4.99. The summed E-state index contributed by atoms with van der Waals surface area (Å²) in [5.74, 6) is -1.03. The summed E-state index contributed by atoms with van der Waals surface area (Å²) >= 11 is 0. The van der Waals surface area contributed by atoms with Gasteiger partial charge in [0.2, 0.25) is 0 Å². The van der Waals surface area contributed by atoms with Gasteiger partial charge in [0.15, 0.2) is 0 Å². The van der Waals surface area contributed by atoms with E-state index in [1.54, 1.807) is 32.2 Å². The Morgan fingerprint density at radius 2 is 2.24 bits per heavy atom. The molecule has 0 unspecified atom stereocenters. The van der Waals surface area contributed by atoms with E-state index in [0.29, 0.717) is 5.69 Å². The van der Waals surface area contributed by atoms with Crippen LogP contribution in [0.25, 0.3) is 5.57 Å². The topological polar surface area (TPSA) is 42.1 Å². The summed E-state index contributed by atoms with van der Waals surface area (Å²) in [7, 11) is 1.27. The van der Waals surface area contributed by atoms with Gasteiger partial charge in [-0.3, -0.25) is 4.79 Å². The first kappa shape index (κ1) is 13.2. The van der Waals surface area contributed by atoms with Gasteiger partial charge in [0, 0.05) is 17.5 Å². The first-order valence-corrected chi connectivity index (χ1v) is 5.18. The molecule has 0 spiro atoms. The van der Waals surface area contributed by atoms with Crippen LogP contribution in [-0.4, -0.2) is 18.1 Å². The third-order valence-corrected chi connectivity index (χ3v) is 2.41. The molecule has 0 aliphatic rings. The molecule has 0 fully saturated rings. The monoisotopic (exact) mass is 237 g/mol. The van der Waals surface area contributed by atoms with Crippen molar-refractivity contribution in [2.24, 2.45) is 5.41 Å². The quantitative estimate of drug-likeness (QED) is 0.646. The molecule has 1 aromatic heterocycles. The van der Waals surface area contributed by atoms with E-state index in [0.717, 1.165) is 0 Å². The van der Waals surface area contributed by atoms with Crippen LogP contribution in [0.2, 0.25) is 0 Å². The molecule has 1 N–H and O–H groups in total. The highest BCUT2D eigenvalue weighted by Crippen LogP contribution is 2.27. The predicted octanol–water partition coefficient (Wildman–Crippen LogP) is 3.08. The van der Waals surface area contributed by atoms with Crippen molar-refractivity contribution in [3.05, 3.63) is 42.5 Å². The second-order valence-corrected chi connectivity index (χ2v) is 4.27. The van der Waals surface area contributed by atoms with Crippen LogP contribution in [0.4, 0.5) is 4.39 Å². The summed E-state index contributed by atoms with van der Waals surface area (Å²) in [4.78, 5) is 14.3. The molecule has 0 aliphatic carbocycles. The van der Waals surface area contributed by atoms with Crippen LogP contribution in [0.3, 0.4) is 0 Å². The molecular formula is C13H16FNO2. The number of esters is 1. The number of carbonyl (C=O) groups is 1. The minimum absolute atomic E-state index is 0.215. The number of H-pyrrole nitrogens is 1. The lowest BCUT2D eigenvalue weighted by Gasteiger charge is -2.17. The molecule has 92 valence electrons. The first-order valence-electron chi connectivity index (χ1n) is 5.18. The Balaban J connectivity index is 2.93. The first-order chi connectivity index (χ1) is 7.88. The van der Waals surface area contributed by atoms with Crippen LogP contribution in [0.5, 0.6) is 0 Å². The number of aromatic nitrogens is 1. The molecule has 3 nitrogen and oxygen atoms in total. The maximum atomic E-state index is 13.9. The number of allylic oxidation sites excluding steroid dienone is 2. The summed E-state index contributed by atoms with van der Waals surface area (Å²) in [5, 5.41) is 0. The van der Waals surface area contributed by atoms with Crippen LogP contribution < -0.4 is 0 Å². The number of ether oxygens (including phenoxy) is 1. The fourth-order valence-corrected chi connectivity index (χ4v) is 1.37. The van der Waals surface area contributed by atoms with Crippen LogP contribution in [0.1, 0.15) is 19.5 Å². The van der Waals surface area contributed by atoms with E-state index in [1.165, 1.54) is 13.2 Å². The largest absolute Gasteiger partial charge is 0.468 e. The highest BCUT2D eigenvalue weighted by atomic mass is 19.1. The van der Waals surface area contributed by atoms with Crippen molar-refractivity contribution in [1.29, 1.82) is 0 Å². The van der Waals surface area contributed by atoms with Crippen LogP contribution in [-0.2, 0) is 9.53 Å². The zero-order chi connectivity index (χ0) is 13.1. The van der Waals surface area contributed by atoms with Crippen LogP contribution in [0.15, 0.2) is 36.8 Å². The van der Waals surface area contributed by atoms with Gasteiger partial charge >= 0.3 is 5.97 Å². The minimum atomic E-state index is -1.02. The summed E-state index contributed by atoms with van der Waals surface area (Å²) in [5.41, 5.74) is -0.222. The molecule has 0 atom stereocenters. The lowest BCUT2D eigenvalue weighted by atomic mass is 9.92. The SMILES string of the molecule is C=C(/C(F)=C\C(C)(C)C(=O)OC)c1ccc[nH]1. The van der Waals surface area contributed by atoms with Gasteiger partial charge in [0.1, 0.15) is 5.83 Å². The van der Waals surface area contributed by atoms with Gasteiger partial charge < -0.3 is 9.72 Å². The Morgan fingerprint density at radius 3 is 2.71 bits per heavy atom. The Kier molecular flexibility index (Phi) is 3.89. The number of rotatable bonds is 4. The molecule has 1 rings (SSSR count). The zero-order valence-corrected chi connectivity index (χ0v) is 10.2. The van der Waals surface area contributed by atoms with Crippen LogP contribution >= 0.6 is 0 Å². The number of methoxy groups -OCH3 is 1. The highest BCUT2D eigenvalue weighted by molar-refractivity contribution is 5.80. The van der Waals surface area contributed by atoms with Gasteiger partial charge in [-0.1, -0.05) is 6.58 Å². The number of halogens is 1. The van der Waals surface area contributed by atoms with Crippen LogP contribution in [0, 0.1) is 5.41 Å². The third-order valence-electron chi connectivity index (χ3n) is 2.41. The molecular weight excluding hydrogens is 221 g/mol. The number of hydrogen-bond acceptors (Lipinski definition) is 2. The van der Waals surface area contributed by atoms with Crippen molar-refractivity contribution >= 4 is 11.5 Å². The standard InChI is InChI=1S/C13H16FNO2/c1-9(11-6-5-7-15-11)10(14)8-13(2,3)12(16)17-4/h5-8,15H,1H2,2-4H3/b10-8+. The van der Waals surface area contributed by atoms with E-state index < -0.39 is 17.2 Å². The van der Waals surface area contributed by atoms with E-state index in [2.05, 4.69) is 16.3 Å². The summed E-state index contributed by atoms with van der Waals surface area (Å²) in [6, 6.07) is 3.46. The number of nitrogens with one attached hydrogen (secondary N) is 1. The van der Waals surface area contributed by atoms with Gasteiger partial charge in [-0.25, -0.2) is 4.39 Å². The molecule has 17 heavy (non-hydrogen) atoms. The van der Waals surface area contributed by atoms with Crippen molar-refractivity contribution in [3.63, 3.8) is 0 Å². The van der Waals surface area contributed by atoms with Gasteiger partial charge in [-0.05, 0) is 32.1 Å². The molecule has 1 heterocycles. The maximum Gasteiger partial charge on any atom is 0.315 e. The molecule has 0 saturated carbocycles. The second-order valence-electron chi connectivity index (χ2n) is 4.27. The maximum absolute atomic E-state index is 13.9. The lowest BCUT2D eigenvalue weighted by Crippen LogP contribution is -2.23. The normalized spacial score (nSPS) is 12.4. The predicted molar refractivity (Wildman–Crippen MR) is 64.8 cm³/mol. The Morgan fingerprint density at radius 1 is 1.59 bits per heavy atom. The number of carbonyl (C=O) groups excluding carboxylic acids is 1. The Hall–Kier alpha value is -1.84. The van der Waals surface area contributed by atoms with E-state index in [4.69, 9.17) is 0 Å². The summed E-state index contributed by atoms with van der Waals surface area (Å²) in [6.07, 6.45) is 2.89. The number of hydrogen-bond donors (Lipinski definition) is 1. The molecule has 0 aromatic carbocycles. The van der Waals surface area contributed by atoms with Crippen molar-refractivity contribution in [2.75, 3.05) is 7.11 Å². The molecule has 0 aliphatic heterocycles.